The van der Waals surface area contributed by atoms with E-state index in [0.29, 0.717) is 24.6 Å². The normalized spacial score (nSPS) is 15.2. The molecule has 0 aromatic heterocycles. The fourth-order valence-corrected chi connectivity index (χ4v) is 2.76. The van der Waals surface area contributed by atoms with Gasteiger partial charge in [0, 0.05) is 25.0 Å². The molecular weight excluding hydrogens is 308 g/mol. The smallest absolute Gasteiger partial charge is 0.258 e. The average molecular weight is 334 g/mol. The van der Waals surface area contributed by atoms with E-state index in [9.17, 15) is 9.59 Å². The summed E-state index contributed by atoms with van der Waals surface area (Å²) < 4.78 is 10.7. The molecule has 0 saturated carbocycles. The first-order valence-electron chi connectivity index (χ1n) is 8.35. The third-order valence-electron chi connectivity index (χ3n) is 4.09. The molecule has 132 valence electrons. The standard InChI is InChI=1S/C18H26N2O4/c1-13(2)18(22)20-10-8-14(9-11-20)19-17(21)12-24-16-7-5-4-6-15(16)23-3/h4-7,13-14H,8-12H2,1-3H3,(H,19,21). The number of methoxy groups -OCH3 is 1. The van der Waals surface area contributed by atoms with Crippen LogP contribution in [-0.4, -0.2) is 49.6 Å². The van der Waals surface area contributed by atoms with Crippen LogP contribution in [0.5, 0.6) is 11.5 Å². The number of benzene rings is 1. The summed E-state index contributed by atoms with van der Waals surface area (Å²) in [4.78, 5) is 25.9. The molecule has 2 rings (SSSR count). The Kier molecular flexibility index (Phi) is 6.46. The molecule has 1 fully saturated rings. The van der Waals surface area contributed by atoms with E-state index in [-0.39, 0.29) is 30.4 Å². The van der Waals surface area contributed by atoms with Crippen LogP contribution in [0.25, 0.3) is 0 Å². The van der Waals surface area contributed by atoms with Crippen molar-refractivity contribution in [3.63, 3.8) is 0 Å². The van der Waals surface area contributed by atoms with E-state index < -0.39 is 0 Å². The Labute approximate surface area is 143 Å². The summed E-state index contributed by atoms with van der Waals surface area (Å²) in [6.07, 6.45) is 1.55. The van der Waals surface area contributed by atoms with Crippen LogP contribution >= 0.6 is 0 Å². The summed E-state index contributed by atoms with van der Waals surface area (Å²) >= 11 is 0. The van der Waals surface area contributed by atoms with Crippen molar-refractivity contribution in [2.45, 2.75) is 32.7 Å². The molecule has 1 heterocycles. The maximum Gasteiger partial charge on any atom is 0.258 e. The largest absolute Gasteiger partial charge is 0.493 e. The molecule has 0 aliphatic carbocycles. The molecule has 0 spiro atoms. The number of ether oxygens (including phenoxy) is 2. The second kappa shape index (κ2) is 8.57. The molecule has 24 heavy (non-hydrogen) atoms. The van der Waals surface area contributed by atoms with Crippen LogP contribution in [0, 0.1) is 5.92 Å². The van der Waals surface area contributed by atoms with Crippen LogP contribution < -0.4 is 14.8 Å². The number of hydrogen-bond acceptors (Lipinski definition) is 4. The molecule has 1 aliphatic heterocycles. The van der Waals surface area contributed by atoms with Gasteiger partial charge in [-0.3, -0.25) is 9.59 Å². The first kappa shape index (κ1) is 18.1. The van der Waals surface area contributed by atoms with Crippen molar-refractivity contribution in [3.05, 3.63) is 24.3 Å². The van der Waals surface area contributed by atoms with Crippen LogP contribution in [0.2, 0.25) is 0 Å². The van der Waals surface area contributed by atoms with Gasteiger partial charge in [-0.05, 0) is 25.0 Å². The second-order valence-corrected chi connectivity index (χ2v) is 6.26. The summed E-state index contributed by atoms with van der Waals surface area (Å²) in [5.41, 5.74) is 0. The van der Waals surface area contributed by atoms with Crippen LogP contribution in [0.4, 0.5) is 0 Å². The van der Waals surface area contributed by atoms with Crippen molar-refractivity contribution in [1.82, 2.24) is 10.2 Å². The topological polar surface area (TPSA) is 67.9 Å². The van der Waals surface area contributed by atoms with Gasteiger partial charge in [0.15, 0.2) is 18.1 Å². The highest BCUT2D eigenvalue weighted by Gasteiger charge is 2.25. The molecule has 0 bridgehead atoms. The Morgan fingerprint density at radius 1 is 1.21 bits per heavy atom. The predicted molar refractivity (Wildman–Crippen MR) is 91.1 cm³/mol. The lowest BCUT2D eigenvalue weighted by Gasteiger charge is -2.33. The zero-order valence-electron chi connectivity index (χ0n) is 14.6. The zero-order chi connectivity index (χ0) is 17.5. The fourth-order valence-electron chi connectivity index (χ4n) is 2.76. The van der Waals surface area contributed by atoms with E-state index in [0.717, 1.165) is 12.8 Å². The minimum Gasteiger partial charge on any atom is -0.493 e. The van der Waals surface area contributed by atoms with Gasteiger partial charge in [-0.2, -0.15) is 0 Å². The van der Waals surface area contributed by atoms with Gasteiger partial charge in [0.05, 0.1) is 7.11 Å². The van der Waals surface area contributed by atoms with Crippen molar-refractivity contribution in [2.24, 2.45) is 5.92 Å². The molecule has 6 nitrogen and oxygen atoms in total. The predicted octanol–water partition coefficient (Wildman–Crippen LogP) is 1.84. The third kappa shape index (κ3) is 4.88. The van der Waals surface area contributed by atoms with Gasteiger partial charge < -0.3 is 19.7 Å². The summed E-state index contributed by atoms with van der Waals surface area (Å²) in [7, 11) is 1.56. The van der Waals surface area contributed by atoms with E-state index in [1.807, 2.05) is 30.9 Å². The van der Waals surface area contributed by atoms with Crippen LogP contribution in [0.1, 0.15) is 26.7 Å². The van der Waals surface area contributed by atoms with Crippen molar-refractivity contribution >= 4 is 11.8 Å². The molecule has 0 unspecified atom stereocenters. The molecule has 1 aliphatic rings. The Bertz CT molecular complexity index is 566. The van der Waals surface area contributed by atoms with Gasteiger partial charge in [0.25, 0.3) is 5.91 Å². The lowest BCUT2D eigenvalue weighted by Crippen LogP contribution is -2.48. The molecule has 1 aromatic carbocycles. The molecular formula is C18H26N2O4. The highest BCUT2D eigenvalue weighted by Crippen LogP contribution is 2.25. The zero-order valence-corrected chi connectivity index (χ0v) is 14.6. The summed E-state index contributed by atoms with van der Waals surface area (Å²) in [5, 5.41) is 2.97. The third-order valence-corrected chi connectivity index (χ3v) is 4.09. The molecule has 1 saturated heterocycles. The maximum atomic E-state index is 12.1. The number of nitrogens with one attached hydrogen (secondary N) is 1. The first-order chi connectivity index (χ1) is 11.5. The lowest BCUT2D eigenvalue weighted by atomic mass is 10.0. The molecule has 2 amide bonds. The van der Waals surface area contributed by atoms with Crippen molar-refractivity contribution in [1.29, 1.82) is 0 Å². The minimum atomic E-state index is -0.158. The SMILES string of the molecule is COc1ccccc1OCC(=O)NC1CCN(C(=O)C(C)C)CC1. The monoisotopic (exact) mass is 334 g/mol. The Morgan fingerprint density at radius 2 is 1.83 bits per heavy atom. The molecule has 0 atom stereocenters. The lowest BCUT2D eigenvalue weighted by molar-refractivity contribution is -0.135. The van der Waals surface area contributed by atoms with Crippen LogP contribution in [-0.2, 0) is 9.59 Å². The summed E-state index contributed by atoms with van der Waals surface area (Å²) in [6.45, 7) is 5.15. The molecule has 6 heteroatoms. The molecule has 0 radical (unpaired) electrons. The second-order valence-electron chi connectivity index (χ2n) is 6.26. The van der Waals surface area contributed by atoms with E-state index >= 15 is 0 Å². The first-order valence-corrected chi connectivity index (χ1v) is 8.35. The van der Waals surface area contributed by atoms with Gasteiger partial charge in [-0.1, -0.05) is 26.0 Å². The molecule has 1 N–H and O–H groups in total. The van der Waals surface area contributed by atoms with Crippen LogP contribution in [0.15, 0.2) is 24.3 Å². The quantitative estimate of drug-likeness (QED) is 0.862. The highest BCUT2D eigenvalue weighted by molar-refractivity contribution is 5.79. The van der Waals surface area contributed by atoms with Crippen molar-refractivity contribution in [3.8, 4) is 11.5 Å². The highest BCUT2D eigenvalue weighted by atomic mass is 16.5. The number of nitrogens with zero attached hydrogens (tertiary/aromatic N) is 1. The number of amides is 2. The Hall–Kier alpha value is -2.24. The number of hydrogen-bond donors (Lipinski definition) is 1. The van der Waals surface area contributed by atoms with Gasteiger partial charge in [-0.25, -0.2) is 0 Å². The number of piperidine rings is 1. The number of carbonyl (C=O) groups is 2. The average Bonchev–Trinajstić information content (AvgIpc) is 2.60. The number of likely N-dealkylation sites (tertiary alicyclic amines) is 1. The summed E-state index contributed by atoms with van der Waals surface area (Å²) in [6, 6.07) is 7.32. The molecule has 1 aromatic rings. The fraction of sp³-hybridized carbons (Fsp3) is 0.556. The van der Waals surface area contributed by atoms with Crippen molar-refractivity contribution < 1.29 is 19.1 Å². The summed E-state index contributed by atoms with van der Waals surface area (Å²) in [5.74, 6) is 1.19. The van der Waals surface area contributed by atoms with Gasteiger partial charge in [-0.15, -0.1) is 0 Å². The maximum absolute atomic E-state index is 12.1. The van der Waals surface area contributed by atoms with E-state index in [1.54, 1.807) is 19.2 Å². The Balaban J connectivity index is 1.75. The van der Waals surface area contributed by atoms with Crippen LogP contribution in [0.3, 0.4) is 0 Å². The Morgan fingerprint density at radius 3 is 2.42 bits per heavy atom. The van der Waals surface area contributed by atoms with E-state index in [2.05, 4.69) is 5.32 Å². The number of carbonyl (C=O) groups excluding carboxylic acids is 2. The van der Waals surface area contributed by atoms with Crippen molar-refractivity contribution in [2.75, 3.05) is 26.8 Å². The van der Waals surface area contributed by atoms with Gasteiger partial charge in [0.1, 0.15) is 0 Å². The number of para-hydroxylation sites is 2. The van der Waals surface area contributed by atoms with Gasteiger partial charge in [0.2, 0.25) is 5.91 Å². The van der Waals surface area contributed by atoms with Gasteiger partial charge >= 0.3 is 0 Å². The minimum absolute atomic E-state index is 0.0189. The number of rotatable bonds is 6. The van der Waals surface area contributed by atoms with E-state index in [1.165, 1.54) is 0 Å². The van der Waals surface area contributed by atoms with E-state index in [4.69, 9.17) is 9.47 Å².